The first-order valence-electron chi connectivity index (χ1n) is 6.63. The van der Waals surface area contributed by atoms with Crippen LogP contribution in [0.4, 0.5) is 0 Å². The highest BCUT2D eigenvalue weighted by Crippen LogP contribution is 2.39. The number of rotatable bonds is 7. The van der Waals surface area contributed by atoms with Crippen molar-refractivity contribution in [2.45, 2.75) is 39.3 Å². The minimum atomic E-state index is 0.226. The van der Waals surface area contributed by atoms with Gasteiger partial charge in [0.15, 0.2) is 11.5 Å². The summed E-state index contributed by atoms with van der Waals surface area (Å²) in [6.45, 7) is 6.47. The van der Waals surface area contributed by atoms with E-state index in [2.05, 4.69) is 26.1 Å². The van der Waals surface area contributed by atoms with Crippen LogP contribution >= 0.6 is 0 Å². The van der Waals surface area contributed by atoms with Crippen molar-refractivity contribution in [1.29, 1.82) is 0 Å². The van der Waals surface area contributed by atoms with Gasteiger partial charge in [0, 0.05) is 12.1 Å². The average molecular weight is 267 g/mol. The van der Waals surface area contributed by atoms with Gasteiger partial charge in [0.25, 0.3) is 0 Å². The van der Waals surface area contributed by atoms with E-state index >= 15 is 0 Å². The second-order valence-corrected chi connectivity index (χ2v) is 4.66. The van der Waals surface area contributed by atoms with Crippen LogP contribution < -0.4 is 19.5 Å². The van der Waals surface area contributed by atoms with Crippen LogP contribution in [0.15, 0.2) is 12.1 Å². The van der Waals surface area contributed by atoms with Gasteiger partial charge in [0.1, 0.15) is 0 Å². The quantitative estimate of drug-likeness (QED) is 0.823. The van der Waals surface area contributed by atoms with E-state index in [1.54, 1.807) is 21.3 Å². The minimum Gasteiger partial charge on any atom is -0.493 e. The highest BCUT2D eigenvalue weighted by Gasteiger charge is 2.16. The molecular formula is C15H25NO3. The molecule has 0 aromatic heterocycles. The van der Waals surface area contributed by atoms with Crippen LogP contribution in [0.3, 0.4) is 0 Å². The van der Waals surface area contributed by atoms with E-state index in [-0.39, 0.29) is 6.04 Å². The van der Waals surface area contributed by atoms with Gasteiger partial charge in [-0.3, -0.25) is 0 Å². The van der Waals surface area contributed by atoms with Crippen LogP contribution in [0.2, 0.25) is 0 Å². The molecule has 19 heavy (non-hydrogen) atoms. The molecule has 4 nitrogen and oxygen atoms in total. The summed E-state index contributed by atoms with van der Waals surface area (Å²) in [6.07, 6.45) is 1.09. The van der Waals surface area contributed by atoms with Gasteiger partial charge in [-0.25, -0.2) is 0 Å². The van der Waals surface area contributed by atoms with E-state index in [1.165, 1.54) is 0 Å². The van der Waals surface area contributed by atoms with Crippen molar-refractivity contribution in [2.75, 3.05) is 21.3 Å². The Bertz CT molecular complexity index is 381. The lowest BCUT2D eigenvalue weighted by atomic mass is 10.1. The third-order valence-electron chi connectivity index (χ3n) is 3.33. The van der Waals surface area contributed by atoms with Crippen LogP contribution in [0.5, 0.6) is 17.2 Å². The van der Waals surface area contributed by atoms with Crippen molar-refractivity contribution in [1.82, 2.24) is 5.32 Å². The second-order valence-electron chi connectivity index (χ2n) is 4.66. The van der Waals surface area contributed by atoms with Gasteiger partial charge >= 0.3 is 0 Å². The maximum atomic E-state index is 5.37. The zero-order chi connectivity index (χ0) is 14.4. The minimum absolute atomic E-state index is 0.226. The molecule has 1 rings (SSSR count). The molecular weight excluding hydrogens is 242 g/mol. The average Bonchev–Trinajstić information content (AvgIpc) is 2.44. The zero-order valence-corrected chi connectivity index (χ0v) is 12.7. The van der Waals surface area contributed by atoms with Crippen molar-refractivity contribution in [3.05, 3.63) is 17.7 Å². The van der Waals surface area contributed by atoms with Crippen LogP contribution in [-0.4, -0.2) is 27.4 Å². The summed E-state index contributed by atoms with van der Waals surface area (Å²) in [4.78, 5) is 0. The van der Waals surface area contributed by atoms with Gasteiger partial charge in [-0.1, -0.05) is 6.92 Å². The molecule has 0 saturated carbocycles. The highest BCUT2D eigenvalue weighted by atomic mass is 16.5. The zero-order valence-electron chi connectivity index (χ0n) is 12.7. The normalized spacial score (nSPS) is 13.8. The number of methoxy groups -OCH3 is 3. The van der Waals surface area contributed by atoms with Crippen LogP contribution in [0.25, 0.3) is 0 Å². The topological polar surface area (TPSA) is 39.7 Å². The van der Waals surface area contributed by atoms with E-state index in [0.717, 1.165) is 12.0 Å². The molecule has 0 fully saturated rings. The van der Waals surface area contributed by atoms with Crippen molar-refractivity contribution in [2.24, 2.45) is 0 Å². The van der Waals surface area contributed by atoms with Crippen LogP contribution in [0.1, 0.15) is 38.8 Å². The van der Waals surface area contributed by atoms with E-state index in [1.807, 2.05) is 12.1 Å². The van der Waals surface area contributed by atoms with Gasteiger partial charge in [-0.2, -0.15) is 0 Å². The summed E-state index contributed by atoms with van der Waals surface area (Å²) in [7, 11) is 4.88. The Morgan fingerprint density at radius 1 is 1.00 bits per heavy atom. The Hall–Kier alpha value is -1.42. The predicted molar refractivity (Wildman–Crippen MR) is 77.4 cm³/mol. The molecule has 2 atom stereocenters. The fourth-order valence-corrected chi connectivity index (χ4v) is 1.99. The molecule has 108 valence electrons. The van der Waals surface area contributed by atoms with Gasteiger partial charge in [0.05, 0.1) is 21.3 Å². The molecule has 0 radical (unpaired) electrons. The monoisotopic (exact) mass is 267 g/mol. The Labute approximate surface area is 116 Å². The van der Waals surface area contributed by atoms with Crippen molar-refractivity contribution in [3.8, 4) is 17.2 Å². The molecule has 0 bridgehead atoms. The molecule has 4 heteroatoms. The third-order valence-corrected chi connectivity index (χ3v) is 3.33. The summed E-state index contributed by atoms with van der Waals surface area (Å²) in [6, 6.07) is 4.67. The van der Waals surface area contributed by atoms with E-state index in [9.17, 15) is 0 Å². The first-order valence-corrected chi connectivity index (χ1v) is 6.63. The summed E-state index contributed by atoms with van der Waals surface area (Å²) < 4.78 is 16.1. The van der Waals surface area contributed by atoms with Crippen LogP contribution in [-0.2, 0) is 0 Å². The molecule has 1 aromatic rings. The van der Waals surface area contributed by atoms with Gasteiger partial charge < -0.3 is 19.5 Å². The predicted octanol–water partition coefficient (Wildman–Crippen LogP) is 3.16. The van der Waals surface area contributed by atoms with Gasteiger partial charge in [-0.05, 0) is 38.0 Å². The molecule has 0 aliphatic rings. The molecule has 0 aliphatic heterocycles. The van der Waals surface area contributed by atoms with Gasteiger partial charge in [0.2, 0.25) is 5.75 Å². The Kier molecular flexibility index (Phi) is 5.96. The number of benzene rings is 1. The second kappa shape index (κ2) is 7.24. The largest absolute Gasteiger partial charge is 0.493 e. The molecule has 1 aromatic carbocycles. The Morgan fingerprint density at radius 3 is 1.89 bits per heavy atom. The van der Waals surface area contributed by atoms with E-state index in [0.29, 0.717) is 23.3 Å². The standard InChI is InChI=1S/C15H25NO3/c1-7-10(2)16-11(3)12-8-13(17-4)15(19-6)14(9-12)18-5/h8-11,16H,7H2,1-6H3. The van der Waals surface area contributed by atoms with E-state index < -0.39 is 0 Å². The first kappa shape index (κ1) is 15.6. The summed E-state index contributed by atoms with van der Waals surface area (Å²) >= 11 is 0. The lowest BCUT2D eigenvalue weighted by Crippen LogP contribution is -2.28. The summed E-state index contributed by atoms with van der Waals surface area (Å²) in [5.74, 6) is 2.01. The SMILES string of the molecule is CCC(C)NC(C)c1cc(OC)c(OC)c(OC)c1. The Balaban J connectivity index is 3.08. The molecule has 2 unspecified atom stereocenters. The molecule has 0 heterocycles. The first-order chi connectivity index (χ1) is 9.07. The number of hydrogen-bond donors (Lipinski definition) is 1. The van der Waals surface area contributed by atoms with Crippen LogP contribution in [0, 0.1) is 0 Å². The maximum Gasteiger partial charge on any atom is 0.203 e. The number of nitrogens with one attached hydrogen (secondary N) is 1. The smallest absolute Gasteiger partial charge is 0.203 e. The molecule has 0 spiro atoms. The number of hydrogen-bond acceptors (Lipinski definition) is 4. The fraction of sp³-hybridized carbons (Fsp3) is 0.600. The summed E-state index contributed by atoms with van der Waals surface area (Å²) in [5.41, 5.74) is 1.12. The molecule has 0 saturated heterocycles. The number of ether oxygens (including phenoxy) is 3. The fourth-order valence-electron chi connectivity index (χ4n) is 1.99. The lowest BCUT2D eigenvalue weighted by molar-refractivity contribution is 0.322. The molecule has 0 amide bonds. The van der Waals surface area contributed by atoms with Crippen molar-refractivity contribution >= 4 is 0 Å². The lowest BCUT2D eigenvalue weighted by Gasteiger charge is -2.21. The van der Waals surface area contributed by atoms with Crippen molar-refractivity contribution in [3.63, 3.8) is 0 Å². The molecule has 0 aliphatic carbocycles. The van der Waals surface area contributed by atoms with Gasteiger partial charge in [-0.15, -0.1) is 0 Å². The Morgan fingerprint density at radius 2 is 1.53 bits per heavy atom. The third kappa shape index (κ3) is 3.77. The highest BCUT2D eigenvalue weighted by molar-refractivity contribution is 5.54. The van der Waals surface area contributed by atoms with E-state index in [4.69, 9.17) is 14.2 Å². The maximum absolute atomic E-state index is 5.37. The van der Waals surface area contributed by atoms with Crippen molar-refractivity contribution < 1.29 is 14.2 Å². The summed E-state index contributed by atoms with van der Waals surface area (Å²) in [5, 5.41) is 3.53. The molecule has 1 N–H and O–H groups in total.